The number of oxazole rings is 1. The van der Waals surface area contributed by atoms with Crippen LogP contribution in [-0.4, -0.2) is 17.1 Å². The fourth-order valence-electron chi connectivity index (χ4n) is 3.06. The molecule has 0 spiro atoms. The number of rotatable bonds is 6. The quantitative estimate of drug-likeness (QED) is 0.286. The molecule has 3 rings (SSSR count). The number of aromatic nitrogens is 1. The minimum absolute atomic E-state index is 0.225. The van der Waals surface area contributed by atoms with Gasteiger partial charge in [0.25, 0.3) is 5.91 Å². The highest BCUT2D eigenvalue weighted by molar-refractivity contribution is 6.19. The fourth-order valence-corrected chi connectivity index (χ4v) is 3.21. The van der Waals surface area contributed by atoms with Crippen molar-refractivity contribution in [2.45, 2.75) is 20.8 Å². The zero-order chi connectivity index (χ0) is 21.5. The van der Waals surface area contributed by atoms with Crippen molar-refractivity contribution in [1.82, 2.24) is 4.98 Å². The summed E-state index contributed by atoms with van der Waals surface area (Å²) < 4.78 is 8.88. The summed E-state index contributed by atoms with van der Waals surface area (Å²) in [5.74, 6) is 0.358. The van der Waals surface area contributed by atoms with Crippen molar-refractivity contribution in [2.75, 3.05) is 5.32 Å². The third-order valence-electron chi connectivity index (χ3n) is 4.62. The second kappa shape index (κ2) is 9.85. The molecule has 5 nitrogen and oxygen atoms in total. The van der Waals surface area contributed by atoms with Crippen LogP contribution in [0.4, 0.5) is 5.69 Å². The maximum absolute atomic E-state index is 12.7. The van der Waals surface area contributed by atoms with Gasteiger partial charge in [0.2, 0.25) is 5.89 Å². The van der Waals surface area contributed by atoms with Gasteiger partial charge in [-0.3, -0.25) is 4.79 Å². The van der Waals surface area contributed by atoms with E-state index in [1.807, 2.05) is 43.3 Å². The van der Waals surface area contributed by atoms with Crippen LogP contribution in [0.5, 0.6) is 0 Å². The normalized spacial score (nSPS) is 12.4. The highest BCUT2D eigenvalue weighted by Gasteiger charge is 2.11. The maximum atomic E-state index is 12.7. The number of nitrogens with one attached hydrogen (secondary N) is 1. The van der Waals surface area contributed by atoms with Gasteiger partial charge in [-0.15, -0.1) is 0 Å². The second-order valence-corrected chi connectivity index (χ2v) is 6.92. The third kappa shape index (κ3) is 4.93. The Kier molecular flexibility index (Phi) is 6.99. The minimum atomic E-state index is -0.225. The van der Waals surface area contributed by atoms with Crippen LogP contribution in [0.3, 0.4) is 0 Å². The predicted molar refractivity (Wildman–Crippen MR) is 123 cm³/mol. The van der Waals surface area contributed by atoms with Crippen molar-refractivity contribution < 1.29 is 9.21 Å². The molecule has 0 aliphatic rings. The van der Waals surface area contributed by atoms with Crippen LogP contribution >= 0.6 is 11.8 Å². The van der Waals surface area contributed by atoms with E-state index in [2.05, 4.69) is 27.8 Å². The highest BCUT2D eigenvalue weighted by Crippen LogP contribution is 2.29. The number of nitrogens with zero attached hydrogens (tertiary/aromatic N) is 2. The first kappa shape index (κ1) is 21.3. The Morgan fingerprint density at radius 1 is 1.17 bits per heavy atom. The molecule has 1 N–H and O–H groups in total. The molecule has 1 aromatic heterocycles. The van der Waals surface area contributed by atoms with Crippen LogP contribution in [0.1, 0.15) is 19.4 Å². The van der Waals surface area contributed by atoms with Crippen molar-refractivity contribution in [3.05, 3.63) is 83.8 Å². The van der Waals surface area contributed by atoms with Gasteiger partial charge in [0.15, 0.2) is 0 Å². The first-order chi connectivity index (χ1) is 14.5. The number of hydrogen-bond acceptors (Lipinski definition) is 4. The fraction of sp³-hybridized carbons (Fsp3) is 0.125. The summed E-state index contributed by atoms with van der Waals surface area (Å²) in [5.41, 5.74) is 6.03. The first-order valence-corrected chi connectivity index (χ1v) is 9.77. The molecule has 0 saturated carbocycles. The monoisotopic (exact) mass is 419 g/mol. The number of benzene rings is 2. The molecule has 2 aromatic carbocycles. The highest BCUT2D eigenvalue weighted by atomic mass is 35.5. The lowest BCUT2D eigenvalue weighted by Crippen LogP contribution is -2.15. The number of carbonyl (C=O) groups excluding carboxylic acids is 1. The molecular weight excluding hydrogens is 398 g/mol. The predicted octanol–water partition coefficient (Wildman–Crippen LogP) is 6.37. The Morgan fingerprint density at radius 2 is 1.90 bits per heavy atom. The number of anilines is 1. The summed E-state index contributed by atoms with van der Waals surface area (Å²) in [6.45, 7) is 5.69. The average molecular weight is 420 g/mol. The molecule has 1 amide bonds. The van der Waals surface area contributed by atoms with E-state index in [0.717, 1.165) is 22.3 Å². The summed E-state index contributed by atoms with van der Waals surface area (Å²) in [5, 5.41) is 2.92. The summed E-state index contributed by atoms with van der Waals surface area (Å²) in [7, 11) is 0. The summed E-state index contributed by atoms with van der Waals surface area (Å²) in [4.78, 5) is 16.9. The van der Waals surface area contributed by atoms with Gasteiger partial charge < -0.3 is 9.73 Å². The van der Waals surface area contributed by atoms with Crippen molar-refractivity contribution in [2.24, 2.45) is 4.51 Å². The lowest BCUT2D eigenvalue weighted by Gasteiger charge is -2.11. The molecule has 0 bridgehead atoms. The molecule has 0 saturated heterocycles. The smallest absolute Gasteiger partial charge is 0.255 e. The number of allylic oxidation sites excluding steroid dienone is 2. The summed E-state index contributed by atoms with van der Waals surface area (Å²) >= 11 is 5.41. The van der Waals surface area contributed by atoms with Gasteiger partial charge >= 0.3 is 0 Å². The first-order valence-electron chi connectivity index (χ1n) is 9.43. The van der Waals surface area contributed by atoms with E-state index < -0.39 is 0 Å². The van der Waals surface area contributed by atoms with E-state index in [4.69, 9.17) is 16.2 Å². The number of carbonyl (C=O) groups is 1. The van der Waals surface area contributed by atoms with Crippen molar-refractivity contribution in [1.29, 1.82) is 0 Å². The zero-order valence-electron chi connectivity index (χ0n) is 17.0. The van der Waals surface area contributed by atoms with Crippen LogP contribution in [-0.2, 0) is 4.79 Å². The minimum Gasteiger partial charge on any atom is -0.445 e. The lowest BCUT2D eigenvalue weighted by molar-refractivity contribution is -0.112. The number of aryl methyl sites for hydroxylation is 1. The molecule has 6 heteroatoms. The molecule has 1 heterocycles. The number of hydrogen-bond donors (Lipinski definition) is 1. The Labute approximate surface area is 180 Å². The average Bonchev–Trinajstić information content (AvgIpc) is 3.28. The van der Waals surface area contributed by atoms with Gasteiger partial charge in [0.05, 0.1) is 6.20 Å². The van der Waals surface area contributed by atoms with Gasteiger partial charge in [-0.2, -0.15) is 4.51 Å². The van der Waals surface area contributed by atoms with Gasteiger partial charge in [-0.25, -0.2) is 4.98 Å². The summed E-state index contributed by atoms with van der Waals surface area (Å²) in [6, 6.07) is 13.8. The van der Waals surface area contributed by atoms with E-state index >= 15 is 0 Å². The molecule has 0 aliphatic carbocycles. The molecule has 0 radical (unpaired) electrons. The van der Waals surface area contributed by atoms with Crippen LogP contribution in [0.15, 0.2) is 87.2 Å². The van der Waals surface area contributed by atoms with Crippen molar-refractivity contribution in [3.8, 4) is 22.6 Å². The van der Waals surface area contributed by atoms with E-state index in [1.54, 1.807) is 31.5 Å². The second-order valence-electron chi connectivity index (χ2n) is 6.72. The number of halogens is 1. The molecule has 3 aromatic rings. The van der Waals surface area contributed by atoms with E-state index in [-0.39, 0.29) is 5.91 Å². The molecule has 0 atom stereocenters. The number of amides is 1. The topological polar surface area (TPSA) is 67.5 Å². The van der Waals surface area contributed by atoms with E-state index in [9.17, 15) is 4.79 Å². The van der Waals surface area contributed by atoms with Gasteiger partial charge in [0.1, 0.15) is 6.26 Å². The van der Waals surface area contributed by atoms with Gasteiger partial charge in [0, 0.05) is 34.8 Å². The maximum Gasteiger partial charge on any atom is 0.255 e. The largest absolute Gasteiger partial charge is 0.445 e. The molecule has 152 valence electrons. The van der Waals surface area contributed by atoms with Crippen LogP contribution in [0.2, 0.25) is 0 Å². The molecule has 30 heavy (non-hydrogen) atoms. The van der Waals surface area contributed by atoms with Crippen LogP contribution < -0.4 is 5.32 Å². The lowest BCUT2D eigenvalue weighted by atomic mass is 9.98. The Morgan fingerprint density at radius 3 is 2.53 bits per heavy atom. The zero-order valence-corrected chi connectivity index (χ0v) is 17.8. The van der Waals surface area contributed by atoms with E-state index in [1.165, 1.54) is 6.21 Å². The SMILES string of the molecule is C\C=C/C(C(=O)Nc1ccc(-c2cc(-c3ncco3)ccc2C)cc1)=C(C)\C=N\Cl. The van der Waals surface area contributed by atoms with Crippen molar-refractivity contribution >= 4 is 29.6 Å². The Balaban J connectivity index is 1.84. The van der Waals surface area contributed by atoms with Crippen LogP contribution in [0.25, 0.3) is 22.6 Å². The summed E-state index contributed by atoms with van der Waals surface area (Å²) in [6.07, 6.45) is 8.17. The molecule has 0 fully saturated rings. The van der Waals surface area contributed by atoms with Gasteiger partial charge in [-0.05, 0) is 67.3 Å². The standard InChI is InChI=1S/C24H22ClN3O2/c1-4-5-21(17(3)15-27-25)23(29)28-20-10-8-18(9-11-20)22-14-19(7-6-16(22)2)24-26-12-13-30-24/h4-15H,1-3H3,(H,28,29)/b5-4-,21-17+,27-15+. The molecule has 0 unspecified atom stereocenters. The molecule has 0 aliphatic heterocycles. The third-order valence-corrected chi connectivity index (χ3v) is 4.71. The van der Waals surface area contributed by atoms with Gasteiger partial charge in [-0.1, -0.05) is 30.4 Å². The van der Waals surface area contributed by atoms with Crippen LogP contribution in [0, 0.1) is 6.92 Å². The Hall–Kier alpha value is -3.44. The molecular formula is C24H22ClN3O2. The van der Waals surface area contributed by atoms with E-state index in [0.29, 0.717) is 22.7 Å². The van der Waals surface area contributed by atoms with Crippen molar-refractivity contribution in [3.63, 3.8) is 0 Å². The Bertz CT molecular complexity index is 1110.